The highest BCUT2D eigenvalue weighted by atomic mass is 35.5. The summed E-state index contributed by atoms with van der Waals surface area (Å²) < 4.78 is 6.89. The number of hydrogen-bond acceptors (Lipinski definition) is 5. The summed E-state index contributed by atoms with van der Waals surface area (Å²) in [7, 11) is 0. The van der Waals surface area contributed by atoms with Gasteiger partial charge in [0, 0.05) is 32.3 Å². The quantitative estimate of drug-likeness (QED) is 0.672. The molecule has 9 heteroatoms. The fourth-order valence-corrected chi connectivity index (χ4v) is 4.35. The number of fused-ring (bicyclic) bond motifs is 2. The first kappa shape index (κ1) is 21.6. The Balaban J connectivity index is 1.51. The third-order valence-electron chi connectivity index (χ3n) is 5.67. The summed E-state index contributed by atoms with van der Waals surface area (Å²) in [5, 5.41) is 0.449. The molecule has 4 rings (SSSR count). The predicted octanol–water partition coefficient (Wildman–Crippen LogP) is 2.88. The molecule has 0 spiro atoms. The molecule has 1 atom stereocenters. The van der Waals surface area contributed by atoms with E-state index in [-0.39, 0.29) is 30.0 Å². The molecule has 8 nitrogen and oxygen atoms in total. The average Bonchev–Trinajstić information content (AvgIpc) is 2.73. The zero-order chi connectivity index (χ0) is 22.3. The molecule has 2 aromatic heterocycles. The van der Waals surface area contributed by atoms with Gasteiger partial charge in [-0.3, -0.25) is 14.0 Å². The lowest BCUT2D eigenvalue weighted by atomic mass is 9.95. The summed E-state index contributed by atoms with van der Waals surface area (Å²) >= 11 is 6.04. The number of hydrogen-bond donors (Lipinski definition) is 0. The molecule has 31 heavy (non-hydrogen) atoms. The van der Waals surface area contributed by atoms with Gasteiger partial charge < -0.3 is 14.5 Å². The molecule has 4 heterocycles. The molecular formula is C22H27ClN4O4. The maximum absolute atomic E-state index is 13.2. The van der Waals surface area contributed by atoms with E-state index in [2.05, 4.69) is 4.98 Å². The molecule has 0 aromatic carbocycles. The number of amides is 2. The Morgan fingerprint density at radius 3 is 2.71 bits per heavy atom. The number of rotatable bonds is 1. The second-order valence-corrected chi connectivity index (χ2v) is 9.63. The van der Waals surface area contributed by atoms with Gasteiger partial charge >= 0.3 is 6.09 Å². The van der Waals surface area contributed by atoms with Gasteiger partial charge in [-0.05, 0) is 45.7 Å². The van der Waals surface area contributed by atoms with E-state index in [1.54, 1.807) is 28.1 Å². The van der Waals surface area contributed by atoms with E-state index in [4.69, 9.17) is 16.3 Å². The van der Waals surface area contributed by atoms with E-state index < -0.39 is 5.60 Å². The third kappa shape index (κ3) is 4.54. The van der Waals surface area contributed by atoms with Crippen molar-refractivity contribution in [2.45, 2.75) is 52.2 Å². The van der Waals surface area contributed by atoms with E-state index in [0.717, 1.165) is 12.1 Å². The molecular weight excluding hydrogens is 420 g/mol. The molecule has 2 aliphatic rings. The number of carbonyl (C=O) groups excluding carboxylic acids is 2. The molecule has 166 valence electrons. The van der Waals surface area contributed by atoms with Crippen LogP contribution < -0.4 is 5.56 Å². The summed E-state index contributed by atoms with van der Waals surface area (Å²) in [6, 6.07) is 3.42. The third-order valence-corrected chi connectivity index (χ3v) is 5.89. The van der Waals surface area contributed by atoms with Gasteiger partial charge in [-0.1, -0.05) is 11.6 Å². The van der Waals surface area contributed by atoms with Gasteiger partial charge in [-0.15, -0.1) is 0 Å². The minimum absolute atomic E-state index is 0.0329. The Hall–Kier alpha value is -2.61. The smallest absolute Gasteiger partial charge is 0.410 e. The molecule has 2 amide bonds. The van der Waals surface area contributed by atoms with Crippen molar-refractivity contribution in [1.29, 1.82) is 0 Å². The van der Waals surface area contributed by atoms with Crippen LogP contribution in [-0.4, -0.2) is 56.4 Å². The van der Waals surface area contributed by atoms with E-state index >= 15 is 0 Å². The number of aromatic nitrogens is 2. The van der Waals surface area contributed by atoms with Crippen molar-refractivity contribution >= 4 is 29.2 Å². The topological polar surface area (TPSA) is 84.2 Å². The van der Waals surface area contributed by atoms with Crippen molar-refractivity contribution in [3.63, 3.8) is 0 Å². The molecule has 2 aliphatic heterocycles. The summed E-state index contributed by atoms with van der Waals surface area (Å²) in [6.45, 7) is 7.12. The van der Waals surface area contributed by atoms with Crippen molar-refractivity contribution in [2.75, 3.05) is 19.6 Å². The van der Waals surface area contributed by atoms with Gasteiger partial charge in [0.25, 0.3) is 5.56 Å². The summed E-state index contributed by atoms with van der Waals surface area (Å²) in [6.07, 6.45) is 3.14. The number of ether oxygens (including phenoxy) is 1. The summed E-state index contributed by atoms with van der Waals surface area (Å²) in [4.78, 5) is 46.6. The fraction of sp³-hybridized carbons (Fsp3) is 0.545. The minimum Gasteiger partial charge on any atom is -0.444 e. The van der Waals surface area contributed by atoms with Crippen LogP contribution in [0.15, 0.2) is 23.1 Å². The second-order valence-electron chi connectivity index (χ2n) is 9.19. The number of nitrogens with zero attached hydrogens (tertiary/aromatic N) is 4. The molecule has 0 N–H and O–H groups in total. The van der Waals surface area contributed by atoms with E-state index in [1.807, 2.05) is 20.8 Å². The van der Waals surface area contributed by atoms with Crippen LogP contribution in [0.3, 0.4) is 0 Å². The van der Waals surface area contributed by atoms with Crippen LogP contribution in [-0.2, 0) is 22.5 Å². The molecule has 0 bridgehead atoms. The first-order valence-electron chi connectivity index (χ1n) is 10.6. The molecule has 0 radical (unpaired) electrons. The van der Waals surface area contributed by atoms with Crippen LogP contribution in [0.1, 0.15) is 44.9 Å². The SMILES string of the molecule is CC(C)(C)OC(=O)N1CCC[C@@H](C(=O)N2CCc3nc4ccc(Cl)cn4c(=O)c3C2)C1. The predicted molar refractivity (Wildman–Crippen MR) is 116 cm³/mol. The van der Waals surface area contributed by atoms with E-state index in [0.29, 0.717) is 48.7 Å². The Bertz CT molecular complexity index is 1090. The van der Waals surface area contributed by atoms with Gasteiger partial charge in [0.05, 0.1) is 28.7 Å². The van der Waals surface area contributed by atoms with Crippen LogP contribution in [0.25, 0.3) is 5.65 Å². The van der Waals surface area contributed by atoms with Gasteiger partial charge in [0.1, 0.15) is 11.2 Å². The van der Waals surface area contributed by atoms with Gasteiger partial charge in [0.15, 0.2) is 0 Å². The lowest BCUT2D eigenvalue weighted by molar-refractivity contribution is -0.138. The number of piperidine rings is 1. The van der Waals surface area contributed by atoms with Gasteiger partial charge in [-0.25, -0.2) is 9.78 Å². The summed E-state index contributed by atoms with van der Waals surface area (Å²) in [5.41, 5.74) is 1.03. The molecule has 1 saturated heterocycles. The number of halogens is 1. The number of pyridine rings is 1. The molecule has 2 aromatic rings. The van der Waals surface area contributed by atoms with E-state index in [1.165, 1.54) is 4.40 Å². The zero-order valence-electron chi connectivity index (χ0n) is 18.1. The number of carbonyl (C=O) groups is 2. The normalized spacial score (nSPS) is 19.3. The van der Waals surface area contributed by atoms with Crippen LogP contribution in [0, 0.1) is 5.92 Å². The molecule has 0 saturated carbocycles. The van der Waals surface area contributed by atoms with Crippen molar-refractivity contribution in [3.05, 3.63) is 45.0 Å². The number of likely N-dealkylation sites (tertiary alicyclic amines) is 1. The molecule has 1 fully saturated rings. The van der Waals surface area contributed by atoms with Crippen LogP contribution >= 0.6 is 11.6 Å². The van der Waals surface area contributed by atoms with Crippen LogP contribution in [0.4, 0.5) is 4.79 Å². The Kier molecular flexibility index (Phi) is 5.68. The van der Waals surface area contributed by atoms with Crippen molar-refractivity contribution in [1.82, 2.24) is 19.2 Å². The van der Waals surface area contributed by atoms with Crippen molar-refractivity contribution in [2.24, 2.45) is 5.92 Å². The van der Waals surface area contributed by atoms with Gasteiger partial charge in [0.2, 0.25) is 5.91 Å². The van der Waals surface area contributed by atoms with Crippen molar-refractivity contribution < 1.29 is 14.3 Å². The highest BCUT2D eigenvalue weighted by Crippen LogP contribution is 2.24. The maximum Gasteiger partial charge on any atom is 0.410 e. The largest absolute Gasteiger partial charge is 0.444 e. The Labute approximate surface area is 185 Å². The van der Waals surface area contributed by atoms with Crippen LogP contribution in [0.2, 0.25) is 5.02 Å². The summed E-state index contributed by atoms with van der Waals surface area (Å²) in [5.74, 6) is -0.331. The Morgan fingerprint density at radius 2 is 1.97 bits per heavy atom. The second kappa shape index (κ2) is 8.15. The first-order chi connectivity index (χ1) is 14.6. The zero-order valence-corrected chi connectivity index (χ0v) is 18.8. The van der Waals surface area contributed by atoms with Crippen LogP contribution in [0.5, 0.6) is 0 Å². The van der Waals surface area contributed by atoms with E-state index in [9.17, 15) is 14.4 Å². The highest BCUT2D eigenvalue weighted by Gasteiger charge is 2.35. The first-order valence-corrected chi connectivity index (χ1v) is 11.0. The van der Waals surface area contributed by atoms with Gasteiger partial charge in [-0.2, -0.15) is 0 Å². The average molecular weight is 447 g/mol. The minimum atomic E-state index is -0.578. The maximum atomic E-state index is 13.2. The van der Waals surface area contributed by atoms with Crippen molar-refractivity contribution in [3.8, 4) is 0 Å². The monoisotopic (exact) mass is 446 g/mol. The standard InChI is InChI=1S/C22H27ClN4O4/c1-22(2,3)31-21(30)26-9-4-5-14(11-26)19(28)25-10-8-17-16(13-25)20(29)27-12-15(23)6-7-18(27)24-17/h6-7,12,14H,4-5,8-11,13H2,1-3H3/t14-/m1/s1. The molecule has 0 unspecified atom stereocenters. The molecule has 0 aliphatic carbocycles. The highest BCUT2D eigenvalue weighted by molar-refractivity contribution is 6.30. The Morgan fingerprint density at radius 1 is 1.19 bits per heavy atom. The lowest BCUT2D eigenvalue weighted by Crippen LogP contribution is -2.49. The lowest BCUT2D eigenvalue weighted by Gasteiger charge is -2.36. The fourth-order valence-electron chi connectivity index (χ4n) is 4.19.